The van der Waals surface area contributed by atoms with Crippen molar-refractivity contribution in [1.82, 2.24) is 0 Å². The highest BCUT2D eigenvalue weighted by molar-refractivity contribution is 7.98. The van der Waals surface area contributed by atoms with Crippen molar-refractivity contribution in [1.29, 1.82) is 0 Å². The highest BCUT2D eigenvalue weighted by atomic mass is 32.2. The van der Waals surface area contributed by atoms with E-state index in [9.17, 15) is 0 Å². The summed E-state index contributed by atoms with van der Waals surface area (Å²) in [7, 11) is -3.51. The van der Waals surface area contributed by atoms with E-state index in [0.717, 1.165) is 30.8 Å². The van der Waals surface area contributed by atoms with Crippen LogP contribution in [0.2, 0.25) is 39.3 Å². The molecule has 3 nitrogen and oxygen atoms in total. The maximum Gasteiger partial charge on any atom is 0.242 e. The normalized spacial score (nSPS) is 26.5. The summed E-state index contributed by atoms with van der Waals surface area (Å²) in [6.45, 7) is 27.0. The van der Waals surface area contributed by atoms with Crippen molar-refractivity contribution in [3.05, 3.63) is 47.5 Å². The standard InChI is InChI=1S/C28H50O3SSi2/c1-13-24(31-34(10,11)12)27(4,14-2)19-25(29-20-32-6)28(5)21(3)15-16-22-17-18-23(26(22)28)30-33(7,8)9/h13-14,18,21,25H,2,15-17,19-20H2,1,3-12H3/b24-13-/t21-,25-,27-,28-/m1/s1. The van der Waals surface area contributed by atoms with E-state index in [-0.39, 0.29) is 16.9 Å². The van der Waals surface area contributed by atoms with Crippen LogP contribution in [-0.2, 0) is 13.6 Å². The Hall–Kier alpha value is -0.696. The van der Waals surface area contributed by atoms with Gasteiger partial charge in [-0.05, 0) is 97.1 Å². The number of allylic oxidation sites excluding steroid dienone is 5. The monoisotopic (exact) mass is 522 g/mol. The summed E-state index contributed by atoms with van der Waals surface area (Å²) in [5, 5.41) is 0. The summed E-state index contributed by atoms with van der Waals surface area (Å²) in [6.07, 6.45) is 12.9. The van der Waals surface area contributed by atoms with Gasteiger partial charge in [-0.1, -0.05) is 31.6 Å². The predicted octanol–water partition coefficient (Wildman–Crippen LogP) is 8.90. The lowest BCUT2D eigenvalue weighted by Gasteiger charge is -2.50. The third-order valence-electron chi connectivity index (χ3n) is 7.35. The van der Waals surface area contributed by atoms with Gasteiger partial charge < -0.3 is 13.6 Å². The number of hydrogen-bond donors (Lipinski definition) is 0. The molecule has 0 fully saturated rings. The zero-order valence-electron chi connectivity index (χ0n) is 23.8. The Morgan fingerprint density at radius 2 is 1.91 bits per heavy atom. The average molecular weight is 523 g/mol. The van der Waals surface area contributed by atoms with Crippen molar-refractivity contribution in [2.45, 2.75) is 98.8 Å². The number of rotatable bonds is 12. The quantitative estimate of drug-likeness (QED) is 0.111. The van der Waals surface area contributed by atoms with Gasteiger partial charge >= 0.3 is 0 Å². The van der Waals surface area contributed by atoms with Crippen LogP contribution in [0.1, 0.15) is 53.4 Å². The summed E-state index contributed by atoms with van der Waals surface area (Å²) >= 11 is 1.75. The summed E-state index contributed by atoms with van der Waals surface area (Å²) in [5.41, 5.74) is 2.55. The number of ether oxygens (including phenoxy) is 1. The molecule has 0 amide bonds. The van der Waals surface area contributed by atoms with E-state index < -0.39 is 16.6 Å². The average Bonchev–Trinajstić information content (AvgIpc) is 3.13. The molecule has 2 aliphatic carbocycles. The number of hydrogen-bond acceptors (Lipinski definition) is 4. The van der Waals surface area contributed by atoms with Gasteiger partial charge in [-0.15, -0.1) is 18.3 Å². The van der Waals surface area contributed by atoms with E-state index in [4.69, 9.17) is 13.6 Å². The molecule has 0 heterocycles. The summed E-state index contributed by atoms with van der Waals surface area (Å²) in [5.74, 6) is 3.33. The van der Waals surface area contributed by atoms with Gasteiger partial charge in [0, 0.05) is 16.4 Å². The molecular weight excluding hydrogens is 473 g/mol. The Bertz CT molecular complexity index is 834. The predicted molar refractivity (Wildman–Crippen MR) is 155 cm³/mol. The van der Waals surface area contributed by atoms with E-state index in [1.807, 2.05) is 0 Å². The molecule has 34 heavy (non-hydrogen) atoms. The summed E-state index contributed by atoms with van der Waals surface area (Å²) < 4.78 is 20.0. The Morgan fingerprint density at radius 1 is 1.26 bits per heavy atom. The second-order valence-electron chi connectivity index (χ2n) is 12.4. The molecule has 0 saturated carbocycles. The molecule has 0 saturated heterocycles. The van der Waals surface area contributed by atoms with E-state index in [0.29, 0.717) is 11.9 Å². The Kier molecular flexibility index (Phi) is 9.68. The van der Waals surface area contributed by atoms with Crippen LogP contribution in [0.4, 0.5) is 0 Å². The summed E-state index contributed by atoms with van der Waals surface area (Å²) in [6, 6.07) is 0. The van der Waals surface area contributed by atoms with Crippen LogP contribution < -0.4 is 0 Å². The van der Waals surface area contributed by atoms with Gasteiger partial charge in [0.1, 0.15) is 5.76 Å². The molecule has 0 radical (unpaired) electrons. The van der Waals surface area contributed by atoms with Crippen LogP contribution in [-0.4, -0.2) is 34.9 Å². The molecule has 0 aromatic rings. The maximum atomic E-state index is 6.75. The zero-order chi connectivity index (χ0) is 25.9. The molecule has 6 heteroatoms. The fraction of sp³-hybridized carbons (Fsp3) is 0.714. The molecular formula is C28H50O3SSi2. The number of thioether (sulfide) groups is 1. The fourth-order valence-corrected chi connectivity index (χ4v) is 7.56. The van der Waals surface area contributed by atoms with E-state index >= 15 is 0 Å². The van der Waals surface area contributed by atoms with Gasteiger partial charge in [0.15, 0.2) is 0 Å². The molecule has 194 valence electrons. The first kappa shape index (κ1) is 29.5. The first-order valence-electron chi connectivity index (χ1n) is 12.8. The Labute approximate surface area is 216 Å². The van der Waals surface area contributed by atoms with Gasteiger partial charge in [-0.2, -0.15) is 0 Å². The molecule has 0 aliphatic heterocycles. The summed E-state index contributed by atoms with van der Waals surface area (Å²) in [4.78, 5) is 0. The molecule has 0 aromatic carbocycles. The Balaban J connectivity index is 2.56. The molecule has 0 unspecified atom stereocenters. The first-order chi connectivity index (χ1) is 15.6. The fourth-order valence-electron chi connectivity index (χ4n) is 5.40. The van der Waals surface area contributed by atoms with E-state index in [2.05, 4.69) is 98.0 Å². The highest BCUT2D eigenvalue weighted by Crippen LogP contribution is 2.56. The van der Waals surface area contributed by atoms with Crippen molar-refractivity contribution in [2.24, 2.45) is 16.7 Å². The largest absolute Gasteiger partial charge is 0.547 e. The van der Waals surface area contributed by atoms with Gasteiger partial charge in [-0.25, -0.2) is 0 Å². The van der Waals surface area contributed by atoms with Gasteiger partial charge in [0.25, 0.3) is 0 Å². The van der Waals surface area contributed by atoms with Crippen LogP contribution in [0, 0.1) is 16.7 Å². The molecule has 2 rings (SSSR count). The molecule has 4 atom stereocenters. The third kappa shape index (κ3) is 6.74. The third-order valence-corrected chi connectivity index (χ3v) is 9.38. The van der Waals surface area contributed by atoms with Gasteiger partial charge in [0.05, 0.1) is 17.8 Å². The minimum absolute atomic E-state index is 0.0233. The molecule has 0 aromatic heterocycles. The van der Waals surface area contributed by atoms with E-state index in [1.54, 1.807) is 17.3 Å². The van der Waals surface area contributed by atoms with Gasteiger partial charge in [-0.3, -0.25) is 0 Å². The van der Waals surface area contributed by atoms with Crippen molar-refractivity contribution in [3.8, 4) is 0 Å². The lowest BCUT2D eigenvalue weighted by atomic mass is 9.59. The van der Waals surface area contributed by atoms with Crippen LogP contribution in [0.5, 0.6) is 0 Å². The Morgan fingerprint density at radius 3 is 2.41 bits per heavy atom. The van der Waals surface area contributed by atoms with Crippen molar-refractivity contribution in [2.75, 3.05) is 12.2 Å². The topological polar surface area (TPSA) is 27.7 Å². The second-order valence-corrected chi connectivity index (χ2v) is 22.1. The smallest absolute Gasteiger partial charge is 0.242 e. The van der Waals surface area contributed by atoms with E-state index in [1.165, 1.54) is 12.0 Å². The van der Waals surface area contributed by atoms with Crippen molar-refractivity contribution < 1.29 is 13.6 Å². The molecule has 0 bridgehead atoms. The lowest BCUT2D eigenvalue weighted by molar-refractivity contribution is -0.0450. The molecule has 0 spiro atoms. The minimum atomic E-state index is -1.77. The molecule has 2 aliphatic rings. The molecule has 0 N–H and O–H groups in total. The lowest BCUT2D eigenvalue weighted by Crippen LogP contribution is -2.47. The second kappa shape index (κ2) is 11.1. The maximum absolute atomic E-state index is 6.75. The van der Waals surface area contributed by atoms with Crippen molar-refractivity contribution >= 4 is 28.4 Å². The highest BCUT2D eigenvalue weighted by Gasteiger charge is 2.51. The van der Waals surface area contributed by atoms with Crippen LogP contribution in [0.15, 0.2) is 47.5 Å². The zero-order valence-corrected chi connectivity index (χ0v) is 26.6. The SMILES string of the molecule is C=C[C@](C)(C[C@@H](OCSC)[C@]1(C)C2=C(CC=C2O[Si](C)(C)C)CC[C@H]1C)/C(=C/C)O[Si](C)(C)C. The van der Waals surface area contributed by atoms with Crippen LogP contribution in [0.25, 0.3) is 0 Å². The minimum Gasteiger partial charge on any atom is -0.547 e. The van der Waals surface area contributed by atoms with Crippen LogP contribution >= 0.6 is 11.8 Å². The van der Waals surface area contributed by atoms with Gasteiger partial charge in [0.2, 0.25) is 16.6 Å². The van der Waals surface area contributed by atoms with Crippen LogP contribution in [0.3, 0.4) is 0 Å². The first-order valence-corrected chi connectivity index (χ1v) is 21.0. The van der Waals surface area contributed by atoms with Crippen molar-refractivity contribution in [3.63, 3.8) is 0 Å².